The predicted molar refractivity (Wildman–Crippen MR) is 163 cm³/mol. The minimum absolute atomic E-state index is 0.0947. The molecule has 2 fully saturated rings. The van der Waals surface area contributed by atoms with Gasteiger partial charge in [0.15, 0.2) is 23.1 Å². The summed E-state index contributed by atoms with van der Waals surface area (Å²) in [6, 6.07) is 13.8. The van der Waals surface area contributed by atoms with E-state index in [1.54, 1.807) is 12.1 Å². The number of amides is 2. The number of fused-ring (bicyclic) bond motifs is 1. The first-order valence-electron chi connectivity index (χ1n) is 14.7. The zero-order valence-corrected chi connectivity index (χ0v) is 24.4. The standard InChI is InChI=1S/C33H32F2N4O6/c34-21-2-4-22(5-3-21)37-31(41)33(9-10-33)32(42)38-23-6-7-29(25(35)18-23)45-28-8-11-36-26-20-30(27(40)19-24(26)28)44-15-1-12-39-13-16-43-17-14-39/h2-8,11,18-20,40H,1,9-10,12-17H2,(H,37,41)(H,38,42). The first-order chi connectivity index (χ1) is 21.8. The first-order valence-corrected chi connectivity index (χ1v) is 14.7. The summed E-state index contributed by atoms with van der Waals surface area (Å²) in [5, 5.41) is 16.3. The van der Waals surface area contributed by atoms with Gasteiger partial charge in [-0.15, -0.1) is 0 Å². The molecule has 4 aromatic rings. The van der Waals surface area contributed by atoms with Gasteiger partial charge in [-0.2, -0.15) is 0 Å². The number of carbonyl (C=O) groups excluding carboxylic acids is 2. The summed E-state index contributed by atoms with van der Waals surface area (Å²) in [6.07, 6.45) is 2.96. The minimum Gasteiger partial charge on any atom is -0.504 e. The maximum absolute atomic E-state index is 15.1. The van der Waals surface area contributed by atoms with Crippen molar-refractivity contribution in [3.05, 3.63) is 78.5 Å². The number of nitrogens with one attached hydrogen (secondary N) is 2. The number of anilines is 2. The lowest BCUT2D eigenvalue weighted by Crippen LogP contribution is -2.37. The number of hydrogen-bond donors (Lipinski definition) is 3. The Morgan fingerprint density at radius 3 is 2.33 bits per heavy atom. The normalized spacial score (nSPS) is 15.8. The molecule has 2 amide bonds. The zero-order chi connectivity index (χ0) is 31.4. The average Bonchev–Trinajstić information content (AvgIpc) is 3.85. The highest BCUT2D eigenvalue weighted by molar-refractivity contribution is 6.16. The van der Waals surface area contributed by atoms with Crippen LogP contribution in [0.5, 0.6) is 23.0 Å². The molecule has 1 saturated carbocycles. The number of hydrogen-bond acceptors (Lipinski definition) is 8. The molecule has 0 unspecified atom stereocenters. The van der Waals surface area contributed by atoms with E-state index in [9.17, 15) is 19.1 Å². The second-order valence-corrected chi connectivity index (χ2v) is 11.0. The molecule has 6 rings (SSSR count). The van der Waals surface area contributed by atoms with E-state index < -0.39 is 28.9 Å². The molecule has 1 saturated heterocycles. The van der Waals surface area contributed by atoms with Crippen LogP contribution in [0.15, 0.2) is 66.9 Å². The van der Waals surface area contributed by atoms with Gasteiger partial charge < -0.3 is 30.0 Å². The van der Waals surface area contributed by atoms with Crippen molar-refractivity contribution in [1.29, 1.82) is 0 Å². The number of nitrogens with zero attached hydrogens (tertiary/aromatic N) is 2. The second kappa shape index (κ2) is 13.0. The molecule has 1 aliphatic carbocycles. The van der Waals surface area contributed by atoms with Gasteiger partial charge in [0.25, 0.3) is 0 Å². The molecule has 3 N–H and O–H groups in total. The zero-order valence-electron chi connectivity index (χ0n) is 24.4. The van der Waals surface area contributed by atoms with E-state index >= 15 is 4.39 Å². The van der Waals surface area contributed by atoms with Crippen LogP contribution < -0.4 is 20.1 Å². The van der Waals surface area contributed by atoms with E-state index in [4.69, 9.17) is 14.2 Å². The maximum Gasteiger partial charge on any atom is 0.240 e. The molecule has 12 heteroatoms. The smallest absolute Gasteiger partial charge is 0.240 e. The molecular weight excluding hydrogens is 586 g/mol. The summed E-state index contributed by atoms with van der Waals surface area (Å²) in [5.74, 6) is -1.92. The van der Waals surface area contributed by atoms with Gasteiger partial charge >= 0.3 is 0 Å². The molecule has 0 spiro atoms. The third kappa shape index (κ3) is 6.97. The number of rotatable bonds is 11. The molecule has 234 valence electrons. The van der Waals surface area contributed by atoms with Crippen molar-refractivity contribution in [2.75, 3.05) is 50.1 Å². The Hall–Kier alpha value is -4.81. The van der Waals surface area contributed by atoms with Crippen LogP contribution in [-0.2, 0) is 14.3 Å². The number of phenolic OH excluding ortho intramolecular Hbond substituents is 1. The first kappa shape index (κ1) is 30.2. The molecule has 2 heterocycles. The predicted octanol–water partition coefficient (Wildman–Crippen LogP) is 5.47. The van der Waals surface area contributed by atoms with Crippen molar-refractivity contribution < 1.29 is 37.7 Å². The Kier molecular flexibility index (Phi) is 8.76. The summed E-state index contributed by atoms with van der Waals surface area (Å²) in [4.78, 5) is 32.5. The van der Waals surface area contributed by atoms with Crippen molar-refractivity contribution in [1.82, 2.24) is 9.88 Å². The summed E-state index contributed by atoms with van der Waals surface area (Å²) in [7, 11) is 0. The van der Waals surface area contributed by atoms with Crippen LogP contribution in [0.25, 0.3) is 10.9 Å². The summed E-state index contributed by atoms with van der Waals surface area (Å²) in [6.45, 7) is 4.54. The minimum atomic E-state index is -1.29. The number of halogens is 2. The molecule has 10 nitrogen and oxygen atoms in total. The maximum atomic E-state index is 15.1. The van der Waals surface area contributed by atoms with Crippen molar-refractivity contribution in [2.24, 2.45) is 5.41 Å². The van der Waals surface area contributed by atoms with Gasteiger partial charge in [-0.3, -0.25) is 19.5 Å². The van der Waals surface area contributed by atoms with Crippen molar-refractivity contribution in [3.8, 4) is 23.0 Å². The highest BCUT2D eigenvalue weighted by Crippen LogP contribution is 2.47. The third-order valence-corrected chi connectivity index (χ3v) is 7.89. The van der Waals surface area contributed by atoms with E-state index in [0.717, 1.165) is 45.3 Å². The number of phenols is 1. The molecule has 0 atom stereocenters. The Morgan fingerprint density at radius 1 is 0.911 bits per heavy atom. The Labute approximate surface area is 257 Å². The van der Waals surface area contributed by atoms with Crippen LogP contribution in [0.3, 0.4) is 0 Å². The largest absolute Gasteiger partial charge is 0.504 e. The van der Waals surface area contributed by atoms with E-state index in [2.05, 4.69) is 20.5 Å². The van der Waals surface area contributed by atoms with E-state index in [1.807, 2.05) is 0 Å². The topological polar surface area (TPSA) is 122 Å². The van der Waals surface area contributed by atoms with Crippen molar-refractivity contribution >= 4 is 34.1 Å². The molecule has 0 bridgehead atoms. The molecule has 1 aliphatic heterocycles. The van der Waals surface area contributed by atoms with Crippen LogP contribution in [0.1, 0.15) is 19.3 Å². The number of ether oxygens (including phenoxy) is 3. The quantitative estimate of drug-likeness (QED) is 0.150. The molecule has 2 aliphatic rings. The van der Waals surface area contributed by atoms with Crippen molar-refractivity contribution in [3.63, 3.8) is 0 Å². The fourth-order valence-electron chi connectivity index (χ4n) is 5.13. The van der Waals surface area contributed by atoms with Gasteiger partial charge in [-0.05, 0) is 67.8 Å². The second-order valence-electron chi connectivity index (χ2n) is 11.0. The highest BCUT2D eigenvalue weighted by atomic mass is 19.1. The third-order valence-electron chi connectivity index (χ3n) is 7.89. The van der Waals surface area contributed by atoms with E-state index in [0.29, 0.717) is 41.8 Å². The Bertz CT molecular complexity index is 1710. The van der Waals surface area contributed by atoms with E-state index in [1.165, 1.54) is 48.7 Å². The number of morpholine rings is 1. The fourth-order valence-corrected chi connectivity index (χ4v) is 5.13. The average molecular weight is 619 g/mol. The van der Waals surface area contributed by atoms with Crippen LogP contribution in [0.2, 0.25) is 0 Å². The molecule has 3 aromatic carbocycles. The van der Waals surface area contributed by atoms with Crippen LogP contribution in [0, 0.1) is 17.0 Å². The van der Waals surface area contributed by atoms with Gasteiger partial charge in [-0.1, -0.05) is 0 Å². The van der Waals surface area contributed by atoms with Crippen molar-refractivity contribution in [2.45, 2.75) is 19.3 Å². The number of benzene rings is 3. The number of aromatic nitrogens is 1. The van der Waals surface area contributed by atoms with Crippen LogP contribution in [-0.4, -0.2) is 66.3 Å². The van der Waals surface area contributed by atoms with Gasteiger partial charge in [0.2, 0.25) is 11.8 Å². The Morgan fingerprint density at radius 2 is 1.62 bits per heavy atom. The van der Waals surface area contributed by atoms with Crippen LogP contribution in [0.4, 0.5) is 20.2 Å². The van der Waals surface area contributed by atoms with Gasteiger partial charge in [0, 0.05) is 54.7 Å². The summed E-state index contributed by atoms with van der Waals surface area (Å²) < 4.78 is 45.4. The number of pyridine rings is 1. The molecule has 45 heavy (non-hydrogen) atoms. The SMILES string of the molecule is O=C(Nc1ccc(F)cc1)C1(C(=O)Nc2ccc(Oc3ccnc4cc(OCCCN5CCOCC5)c(O)cc34)c(F)c2)CC1. The lowest BCUT2D eigenvalue weighted by molar-refractivity contribution is -0.131. The summed E-state index contributed by atoms with van der Waals surface area (Å²) >= 11 is 0. The van der Waals surface area contributed by atoms with Gasteiger partial charge in [0.05, 0.1) is 25.3 Å². The number of aromatic hydroxyl groups is 1. The monoisotopic (exact) mass is 618 g/mol. The molecular formula is C33H32F2N4O6. The van der Waals surface area contributed by atoms with Crippen LogP contribution >= 0.6 is 0 Å². The number of carbonyl (C=O) groups is 2. The molecule has 1 aromatic heterocycles. The Balaban J connectivity index is 1.08. The fraction of sp³-hybridized carbons (Fsp3) is 0.303. The van der Waals surface area contributed by atoms with Gasteiger partial charge in [-0.25, -0.2) is 8.78 Å². The highest BCUT2D eigenvalue weighted by Gasteiger charge is 2.56. The molecule has 0 radical (unpaired) electrons. The van der Waals surface area contributed by atoms with Gasteiger partial charge in [0.1, 0.15) is 17.0 Å². The lowest BCUT2D eigenvalue weighted by atomic mass is 10.0. The lowest BCUT2D eigenvalue weighted by Gasteiger charge is -2.26. The van der Waals surface area contributed by atoms with E-state index in [-0.39, 0.29) is 22.9 Å². The summed E-state index contributed by atoms with van der Waals surface area (Å²) in [5.41, 5.74) is -0.276.